The van der Waals surface area contributed by atoms with Gasteiger partial charge in [0.25, 0.3) is 5.56 Å². The second-order valence-electron chi connectivity index (χ2n) is 6.68. The van der Waals surface area contributed by atoms with Gasteiger partial charge in [0.2, 0.25) is 0 Å². The minimum Gasteiger partial charge on any atom is -0.322 e. The lowest BCUT2D eigenvalue weighted by Crippen LogP contribution is -2.23. The molecule has 0 aliphatic carbocycles. The highest BCUT2D eigenvalue weighted by molar-refractivity contribution is 5.80. The first-order valence-corrected chi connectivity index (χ1v) is 8.37. The molecular formula is C21H18F2N2O. The molecule has 0 aliphatic heterocycles. The van der Waals surface area contributed by atoms with Crippen LogP contribution in [0.2, 0.25) is 0 Å². The van der Waals surface area contributed by atoms with Gasteiger partial charge >= 0.3 is 0 Å². The highest BCUT2D eigenvalue weighted by Gasteiger charge is 2.28. The highest BCUT2D eigenvalue weighted by Crippen LogP contribution is 2.30. The van der Waals surface area contributed by atoms with E-state index in [9.17, 15) is 18.8 Å². The number of aromatic amines is 1. The van der Waals surface area contributed by atoms with Crippen molar-refractivity contribution in [2.45, 2.75) is 32.1 Å². The second-order valence-corrected chi connectivity index (χ2v) is 6.68. The molecule has 3 nitrogen and oxygen atoms in total. The van der Waals surface area contributed by atoms with Gasteiger partial charge in [0.15, 0.2) is 0 Å². The fraction of sp³-hybridized carbons (Fsp3) is 0.238. The van der Waals surface area contributed by atoms with Crippen molar-refractivity contribution in [1.82, 2.24) is 4.98 Å². The molecule has 0 bridgehead atoms. The van der Waals surface area contributed by atoms with Crippen molar-refractivity contribution in [1.29, 1.82) is 5.26 Å². The second kappa shape index (κ2) is 6.72. The van der Waals surface area contributed by atoms with Crippen LogP contribution in [0.15, 0.2) is 47.3 Å². The zero-order valence-electron chi connectivity index (χ0n) is 14.6. The van der Waals surface area contributed by atoms with Gasteiger partial charge in [-0.05, 0) is 60.5 Å². The van der Waals surface area contributed by atoms with E-state index >= 15 is 0 Å². The molecule has 0 aliphatic rings. The summed E-state index contributed by atoms with van der Waals surface area (Å²) in [6.07, 6.45) is 0.787. The van der Waals surface area contributed by atoms with E-state index in [1.807, 2.05) is 25.1 Å². The molecule has 3 rings (SSSR count). The molecule has 0 saturated carbocycles. The Morgan fingerprint density at radius 1 is 1.12 bits per heavy atom. The van der Waals surface area contributed by atoms with Gasteiger partial charge in [-0.25, -0.2) is 8.78 Å². The Bertz CT molecular complexity index is 1060. The van der Waals surface area contributed by atoms with Crippen LogP contribution in [0.25, 0.3) is 10.9 Å². The van der Waals surface area contributed by atoms with Crippen molar-refractivity contribution in [3.05, 3.63) is 81.1 Å². The monoisotopic (exact) mass is 352 g/mol. The topological polar surface area (TPSA) is 56.6 Å². The van der Waals surface area contributed by atoms with Crippen molar-refractivity contribution >= 4 is 10.9 Å². The van der Waals surface area contributed by atoms with Gasteiger partial charge in [0.05, 0.1) is 11.5 Å². The van der Waals surface area contributed by atoms with Crippen molar-refractivity contribution in [3.8, 4) is 6.07 Å². The lowest BCUT2D eigenvalue weighted by atomic mass is 9.78. The molecule has 132 valence electrons. The number of aryl methyl sites for hydroxylation is 1. The summed E-state index contributed by atoms with van der Waals surface area (Å²) in [5.74, 6) is -1.34. The first kappa shape index (κ1) is 17.8. The van der Waals surface area contributed by atoms with Crippen LogP contribution in [0.1, 0.15) is 30.5 Å². The van der Waals surface area contributed by atoms with E-state index in [1.54, 1.807) is 13.0 Å². The average Bonchev–Trinajstić information content (AvgIpc) is 2.59. The van der Waals surface area contributed by atoms with E-state index in [2.05, 4.69) is 11.1 Å². The van der Waals surface area contributed by atoms with Gasteiger partial charge in [-0.15, -0.1) is 0 Å². The average molecular weight is 352 g/mol. The lowest BCUT2D eigenvalue weighted by Gasteiger charge is -2.23. The molecule has 1 aromatic heterocycles. The zero-order valence-corrected chi connectivity index (χ0v) is 14.6. The Kier molecular flexibility index (Phi) is 4.60. The number of fused-ring (bicyclic) bond motifs is 1. The molecule has 0 spiro atoms. The smallest absolute Gasteiger partial charge is 0.251 e. The standard InChI is InChI=1S/C21H18F2N2O/c1-3-14-8-15-4-5-16(9-19(15)25-20(14)26)21(2,12-24)11-13-6-17(22)10-18(23)7-13/h4-10H,3,11H2,1-2H3,(H,25,26)/t21-/m0/s1. The minimum absolute atomic E-state index is 0.150. The van der Waals surface area contributed by atoms with E-state index in [-0.39, 0.29) is 12.0 Å². The summed E-state index contributed by atoms with van der Waals surface area (Å²) in [4.78, 5) is 14.9. The van der Waals surface area contributed by atoms with Gasteiger partial charge < -0.3 is 4.98 Å². The van der Waals surface area contributed by atoms with E-state index in [4.69, 9.17) is 0 Å². The number of nitrogens with one attached hydrogen (secondary N) is 1. The Morgan fingerprint density at radius 3 is 2.42 bits per heavy atom. The Hall–Kier alpha value is -3.00. The van der Waals surface area contributed by atoms with Crippen LogP contribution in [-0.4, -0.2) is 4.98 Å². The van der Waals surface area contributed by atoms with Gasteiger partial charge in [0.1, 0.15) is 11.6 Å². The molecule has 2 aromatic carbocycles. The van der Waals surface area contributed by atoms with Crippen molar-refractivity contribution in [2.24, 2.45) is 0 Å². The van der Waals surface area contributed by atoms with Gasteiger partial charge in [0, 0.05) is 17.1 Å². The molecule has 1 atom stereocenters. The molecule has 1 heterocycles. The number of H-pyrrole nitrogens is 1. The number of benzene rings is 2. The lowest BCUT2D eigenvalue weighted by molar-refractivity contribution is 0.564. The Morgan fingerprint density at radius 2 is 1.81 bits per heavy atom. The third-order valence-corrected chi connectivity index (χ3v) is 4.67. The summed E-state index contributed by atoms with van der Waals surface area (Å²) in [7, 11) is 0. The molecular weight excluding hydrogens is 334 g/mol. The summed E-state index contributed by atoms with van der Waals surface area (Å²) < 4.78 is 26.9. The quantitative estimate of drug-likeness (QED) is 0.757. The predicted molar refractivity (Wildman–Crippen MR) is 97.0 cm³/mol. The predicted octanol–water partition coefficient (Wildman–Crippen LogP) is 4.39. The first-order valence-electron chi connectivity index (χ1n) is 8.37. The Labute approximate surface area is 149 Å². The van der Waals surface area contributed by atoms with E-state index < -0.39 is 17.0 Å². The fourth-order valence-corrected chi connectivity index (χ4v) is 3.18. The van der Waals surface area contributed by atoms with E-state index in [0.717, 1.165) is 11.5 Å². The van der Waals surface area contributed by atoms with Crippen LogP contribution in [-0.2, 0) is 18.3 Å². The van der Waals surface area contributed by atoms with Gasteiger partial charge in [-0.2, -0.15) is 5.26 Å². The van der Waals surface area contributed by atoms with Crippen LogP contribution in [0, 0.1) is 23.0 Å². The van der Waals surface area contributed by atoms with Crippen LogP contribution in [0.4, 0.5) is 8.78 Å². The third kappa shape index (κ3) is 3.36. The van der Waals surface area contributed by atoms with Gasteiger partial charge in [-0.1, -0.05) is 19.1 Å². The summed E-state index contributed by atoms with van der Waals surface area (Å²) in [6.45, 7) is 3.63. The van der Waals surface area contributed by atoms with Crippen LogP contribution in [0.3, 0.4) is 0 Å². The molecule has 0 radical (unpaired) electrons. The number of halogens is 2. The maximum Gasteiger partial charge on any atom is 0.251 e. The number of hydrogen-bond acceptors (Lipinski definition) is 2. The number of nitriles is 1. The van der Waals surface area contributed by atoms with Crippen LogP contribution in [0.5, 0.6) is 0 Å². The maximum absolute atomic E-state index is 13.5. The molecule has 26 heavy (non-hydrogen) atoms. The number of aromatic nitrogens is 1. The number of pyridine rings is 1. The Balaban J connectivity index is 2.06. The number of nitrogens with zero attached hydrogens (tertiary/aromatic N) is 1. The fourth-order valence-electron chi connectivity index (χ4n) is 3.18. The molecule has 5 heteroatoms. The first-order chi connectivity index (χ1) is 12.3. The molecule has 1 N–H and O–H groups in total. The van der Waals surface area contributed by atoms with Crippen LogP contribution < -0.4 is 5.56 Å². The van der Waals surface area contributed by atoms with Crippen molar-refractivity contribution in [2.75, 3.05) is 0 Å². The minimum atomic E-state index is -0.991. The molecule has 0 unspecified atom stereocenters. The van der Waals surface area contributed by atoms with E-state index in [0.29, 0.717) is 28.6 Å². The molecule has 0 saturated heterocycles. The molecule has 0 fully saturated rings. The van der Waals surface area contributed by atoms with Crippen molar-refractivity contribution < 1.29 is 8.78 Å². The molecule has 0 amide bonds. The number of rotatable bonds is 4. The summed E-state index contributed by atoms with van der Waals surface area (Å²) in [5.41, 5.74) is 1.27. The summed E-state index contributed by atoms with van der Waals surface area (Å²) >= 11 is 0. The molecule has 3 aromatic rings. The van der Waals surface area contributed by atoms with Crippen molar-refractivity contribution in [3.63, 3.8) is 0 Å². The van der Waals surface area contributed by atoms with Gasteiger partial charge in [-0.3, -0.25) is 4.79 Å². The van der Waals surface area contributed by atoms with Crippen LogP contribution >= 0.6 is 0 Å². The maximum atomic E-state index is 13.5. The number of hydrogen-bond donors (Lipinski definition) is 1. The zero-order chi connectivity index (χ0) is 18.9. The summed E-state index contributed by atoms with van der Waals surface area (Å²) in [5, 5.41) is 10.6. The SMILES string of the molecule is CCc1cc2ccc([C@](C)(C#N)Cc3cc(F)cc(F)c3)cc2[nH]c1=O. The summed E-state index contributed by atoms with van der Waals surface area (Å²) in [6, 6.07) is 12.8. The third-order valence-electron chi connectivity index (χ3n) is 4.67. The largest absolute Gasteiger partial charge is 0.322 e. The highest BCUT2D eigenvalue weighted by atomic mass is 19.1. The van der Waals surface area contributed by atoms with E-state index in [1.165, 1.54) is 12.1 Å². The normalized spacial score (nSPS) is 13.3.